The zero-order valence-electron chi connectivity index (χ0n) is 11.7. The van der Waals surface area contributed by atoms with Gasteiger partial charge in [0.1, 0.15) is 5.75 Å². The highest BCUT2D eigenvalue weighted by atomic mass is 32.1. The smallest absolute Gasteiger partial charge is 0.303 e. The van der Waals surface area contributed by atoms with E-state index in [1.807, 2.05) is 12.1 Å². The van der Waals surface area contributed by atoms with E-state index in [1.54, 1.807) is 12.1 Å². The van der Waals surface area contributed by atoms with Crippen LogP contribution < -0.4 is 10.1 Å². The number of nitrogens with one attached hydrogen (secondary N) is 1. The molecule has 0 spiro atoms. The number of carboxylic acid groups (broad SMARTS) is 1. The quantitative estimate of drug-likeness (QED) is 0.718. The van der Waals surface area contributed by atoms with E-state index in [2.05, 4.69) is 14.1 Å². The molecule has 1 amide bonds. The molecule has 0 aliphatic carbocycles. The van der Waals surface area contributed by atoms with Crippen molar-refractivity contribution in [1.82, 2.24) is 14.1 Å². The van der Waals surface area contributed by atoms with E-state index in [0.29, 0.717) is 31.0 Å². The first-order valence-electron chi connectivity index (χ1n) is 6.64. The predicted octanol–water partition coefficient (Wildman–Crippen LogP) is 1.71. The van der Waals surface area contributed by atoms with Crippen LogP contribution in [0.25, 0.3) is 0 Å². The number of carbonyl (C=O) groups excluding carboxylic acids is 1. The average Bonchev–Trinajstić information content (AvgIpc) is 3.04. The molecule has 2 N–H and O–H groups in total. The zero-order chi connectivity index (χ0) is 15.8. The number of benzene rings is 1. The number of ether oxygens (including phenoxy) is 1. The Morgan fingerprint density at radius 3 is 2.68 bits per heavy atom. The van der Waals surface area contributed by atoms with Crippen LogP contribution in [0.1, 0.15) is 28.9 Å². The van der Waals surface area contributed by atoms with Gasteiger partial charge in [-0.1, -0.05) is 12.1 Å². The van der Waals surface area contributed by atoms with Crippen molar-refractivity contribution in [3.63, 3.8) is 0 Å². The predicted molar refractivity (Wildman–Crippen MR) is 79.9 cm³/mol. The molecule has 0 radical (unpaired) electrons. The lowest BCUT2D eigenvalue weighted by Gasteiger charge is -2.07. The summed E-state index contributed by atoms with van der Waals surface area (Å²) < 4.78 is 13.1. The first-order valence-corrected chi connectivity index (χ1v) is 7.37. The van der Waals surface area contributed by atoms with Crippen molar-refractivity contribution in [3.8, 4) is 5.75 Å². The molecule has 2 rings (SSSR count). The Labute approximate surface area is 131 Å². The zero-order valence-corrected chi connectivity index (χ0v) is 12.5. The molecule has 0 atom stereocenters. The third-order valence-electron chi connectivity index (χ3n) is 2.77. The molecule has 0 aliphatic heterocycles. The SMILES string of the molecule is O=C(O)CCCOc1ccc(CNC(=O)c2cnsn2)cc1. The van der Waals surface area contributed by atoms with Gasteiger partial charge in [0.25, 0.3) is 5.91 Å². The van der Waals surface area contributed by atoms with Gasteiger partial charge in [0.15, 0.2) is 5.69 Å². The summed E-state index contributed by atoms with van der Waals surface area (Å²) in [5, 5.41) is 11.3. The molecule has 7 nitrogen and oxygen atoms in total. The highest BCUT2D eigenvalue weighted by Crippen LogP contribution is 2.12. The molecule has 0 fully saturated rings. The summed E-state index contributed by atoms with van der Waals surface area (Å²) >= 11 is 0.989. The number of aromatic nitrogens is 2. The second kappa shape index (κ2) is 8.08. The van der Waals surface area contributed by atoms with Gasteiger partial charge in [0, 0.05) is 13.0 Å². The Morgan fingerprint density at radius 1 is 1.27 bits per heavy atom. The fourth-order valence-electron chi connectivity index (χ4n) is 1.65. The number of nitrogens with zero attached hydrogens (tertiary/aromatic N) is 2. The molecular weight excluding hydrogens is 306 g/mol. The molecule has 0 saturated carbocycles. The van der Waals surface area contributed by atoms with Crippen molar-refractivity contribution < 1.29 is 19.4 Å². The third kappa shape index (κ3) is 5.13. The van der Waals surface area contributed by atoms with Crippen LogP contribution in [0.4, 0.5) is 0 Å². The monoisotopic (exact) mass is 321 g/mol. The van der Waals surface area contributed by atoms with E-state index < -0.39 is 5.97 Å². The first kappa shape index (κ1) is 15.9. The summed E-state index contributed by atoms with van der Waals surface area (Å²) in [5.74, 6) is -0.420. The van der Waals surface area contributed by atoms with Gasteiger partial charge < -0.3 is 15.2 Å². The van der Waals surface area contributed by atoms with Crippen molar-refractivity contribution in [2.45, 2.75) is 19.4 Å². The maximum Gasteiger partial charge on any atom is 0.303 e. The summed E-state index contributed by atoms with van der Waals surface area (Å²) in [6, 6.07) is 7.25. The minimum atomic E-state index is -0.829. The standard InChI is InChI=1S/C14H15N3O4S/c18-13(19)2-1-7-21-11-5-3-10(4-6-11)8-15-14(20)12-9-16-22-17-12/h3-6,9H,1-2,7-8H2,(H,15,20)(H,18,19). The largest absolute Gasteiger partial charge is 0.494 e. The van der Waals surface area contributed by atoms with Gasteiger partial charge in [0.05, 0.1) is 24.5 Å². The van der Waals surface area contributed by atoms with Gasteiger partial charge in [-0.05, 0) is 24.1 Å². The van der Waals surface area contributed by atoms with E-state index in [-0.39, 0.29) is 12.3 Å². The van der Waals surface area contributed by atoms with Gasteiger partial charge in [-0.15, -0.1) is 0 Å². The molecular formula is C14H15N3O4S. The normalized spacial score (nSPS) is 10.2. The Kier molecular flexibility index (Phi) is 5.84. The van der Waals surface area contributed by atoms with Crippen LogP contribution in [0.3, 0.4) is 0 Å². The number of carboxylic acids is 1. The van der Waals surface area contributed by atoms with Gasteiger partial charge in [-0.25, -0.2) is 0 Å². The Morgan fingerprint density at radius 2 is 2.05 bits per heavy atom. The van der Waals surface area contributed by atoms with Crippen molar-refractivity contribution in [1.29, 1.82) is 0 Å². The van der Waals surface area contributed by atoms with Gasteiger partial charge in [-0.2, -0.15) is 8.75 Å². The maximum atomic E-state index is 11.7. The molecule has 1 aromatic heterocycles. The Hall–Kier alpha value is -2.48. The molecule has 0 bridgehead atoms. The van der Waals surface area contributed by atoms with Crippen LogP contribution in [0.2, 0.25) is 0 Å². The number of carbonyl (C=O) groups is 2. The first-order chi connectivity index (χ1) is 10.6. The van der Waals surface area contributed by atoms with Crippen molar-refractivity contribution in [3.05, 3.63) is 41.7 Å². The lowest BCUT2D eigenvalue weighted by molar-refractivity contribution is -0.137. The maximum absolute atomic E-state index is 11.7. The van der Waals surface area contributed by atoms with Crippen LogP contribution in [0.5, 0.6) is 5.75 Å². The molecule has 1 heterocycles. The molecule has 22 heavy (non-hydrogen) atoms. The van der Waals surface area contributed by atoms with Gasteiger partial charge in [-0.3, -0.25) is 9.59 Å². The summed E-state index contributed by atoms with van der Waals surface area (Å²) in [7, 11) is 0. The minimum Gasteiger partial charge on any atom is -0.494 e. The van der Waals surface area contributed by atoms with Crippen molar-refractivity contribution >= 4 is 23.6 Å². The van der Waals surface area contributed by atoms with Crippen LogP contribution in [-0.4, -0.2) is 32.3 Å². The minimum absolute atomic E-state index is 0.0928. The van der Waals surface area contributed by atoms with E-state index in [1.165, 1.54) is 6.20 Å². The molecule has 116 valence electrons. The lowest BCUT2D eigenvalue weighted by Crippen LogP contribution is -2.22. The summed E-state index contributed by atoms with van der Waals surface area (Å²) in [5.41, 5.74) is 1.23. The van der Waals surface area contributed by atoms with Gasteiger partial charge in [0.2, 0.25) is 0 Å². The van der Waals surface area contributed by atoms with Crippen LogP contribution in [-0.2, 0) is 11.3 Å². The molecule has 1 aromatic carbocycles. The summed E-state index contributed by atoms with van der Waals surface area (Å²) in [4.78, 5) is 22.1. The van der Waals surface area contributed by atoms with Gasteiger partial charge >= 0.3 is 5.97 Å². The Bertz CT molecular complexity index is 614. The Balaban J connectivity index is 1.74. The summed E-state index contributed by atoms with van der Waals surface area (Å²) in [6.07, 6.45) is 1.98. The second-order valence-electron chi connectivity index (χ2n) is 4.47. The highest BCUT2D eigenvalue weighted by Gasteiger charge is 2.07. The van der Waals surface area contributed by atoms with Crippen molar-refractivity contribution in [2.75, 3.05) is 6.61 Å². The topological polar surface area (TPSA) is 101 Å². The molecule has 2 aromatic rings. The van der Waals surface area contributed by atoms with E-state index in [0.717, 1.165) is 17.3 Å². The lowest BCUT2D eigenvalue weighted by atomic mass is 10.2. The van der Waals surface area contributed by atoms with E-state index >= 15 is 0 Å². The van der Waals surface area contributed by atoms with Crippen molar-refractivity contribution in [2.24, 2.45) is 0 Å². The second-order valence-corrected chi connectivity index (χ2v) is 5.02. The fourth-order valence-corrected chi connectivity index (χ4v) is 2.07. The van der Waals surface area contributed by atoms with Crippen LogP contribution >= 0.6 is 11.7 Å². The molecule has 0 saturated heterocycles. The van der Waals surface area contributed by atoms with Crippen LogP contribution in [0, 0.1) is 0 Å². The molecule has 0 aliphatic rings. The average molecular weight is 321 g/mol. The number of hydrogen-bond donors (Lipinski definition) is 2. The van der Waals surface area contributed by atoms with Crippen LogP contribution in [0.15, 0.2) is 30.5 Å². The number of amides is 1. The molecule has 0 unspecified atom stereocenters. The summed E-state index contributed by atoms with van der Waals surface area (Å²) in [6.45, 7) is 0.745. The third-order valence-corrected chi connectivity index (χ3v) is 3.25. The van der Waals surface area contributed by atoms with E-state index in [9.17, 15) is 9.59 Å². The number of hydrogen-bond acceptors (Lipinski definition) is 6. The highest BCUT2D eigenvalue weighted by molar-refractivity contribution is 6.99. The number of aliphatic carboxylic acids is 1. The number of rotatable bonds is 8. The molecule has 8 heteroatoms. The fraction of sp³-hybridized carbons (Fsp3) is 0.286. The van der Waals surface area contributed by atoms with E-state index in [4.69, 9.17) is 9.84 Å².